The van der Waals surface area contributed by atoms with E-state index in [1.165, 1.54) is 44.5 Å². The summed E-state index contributed by atoms with van der Waals surface area (Å²) in [6.45, 7) is 0. The number of fused-ring (bicyclic) bond motifs is 4. The lowest BCUT2D eigenvalue weighted by Gasteiger charge is -2.27. The Labute approximate surface area is 316 Å². The number of rotatable bonds is 7. The van der Waals surface area contributed by atoms with E-state index >= 15 is 0 Å². The number of allylic oxidation sites excluding steroid dienone is 5. The van der Waals surface area contributed by atoms with Gasteiger partial charge in [-0.2, -0.15) is 0 Å². The Kier molecular flexibility index (Phi) is 8.15. The lowest BCUT2D eigenvalue weighted by atomic mass is 9.87. The first kappa shape index (κ1) is 32.0. The van der Waals surface area contributed by atoms with Crippen LogP contribution >= 0.6 is 0 Å². The molecular formula is C52H39NO. The maximum atomic E-state index is 6.39. The topological polar surface area (TPSA) is 16.4 Å². The maximum absolute atomic E-state index is 6.39. The number of aryl methyl sites for hydroxylation is 1. The van der Waals surface area contributed by atoms with Crippen LogP contribution in [0.15, 0.2) is 193 Å². The van der Waals surface area contributed by atoms with E-state index in [4.69, 9.17) is 4.42 Å². The molecule has 2 aliphatic carbocycles. The van der Waals surface area contributed by atoms with Crippen LogP contribution in [0.4, 0.5) is 17.1 Å². The van der Waals surface area contributed by atoms with Crippen molar-refractivity contribution in [3.63, 3.8) is 0 Å². The minimum Gasteiger partial charge on any atom is -0.455 e. The van der Waals surface area contributed by atoms with Gasteiger partial charge in [0.2, 0.25) is 0 Å². The van der Waals surface area contributed by atoms with E-state index in [0.29, 0.717) is 0 Å². The van der Waals surface area contributed by atoms with Gasteiger partial charge in [-0.05, 0) is 124 Å². The molecular weight excluding hydrogens is 655 g/mol. The van der Waals surface area contributed by atoms with Crippen molar-refractivity contribution in [1.82, 2.24) is 0 Å². The summed E-state index contributed by atoms with van der Waals surface area (Å²) in [6, 6.07) is 59.5. The third-order valence-electron chi connectivity index (χ3n) is 11.1. The van der Waals surface area contributed by atoms with Gasteiger partial charge in [-0.15, -0.1) is 0 Å². The van der Waals surface area contributed by atoms with Gasteiger partial charge < -0.3 is 9.32 Å². The summed E-state index contributed by atoms with van der Waals surface area (Å²) >= 11 is 0. The molecule has 54 heavy (non-hydrogen) atoms. The fraction of sp³-hybridized carbons (Fsp3) is 0.0769. The quantitative estimate of drug-likeness (QED) is 0.165. The second-order valence-electron chi connectivity index (χ2n) is 14.3. The molecule has 2 heteroatoms. The SMILES string of the molecule is C1=CCCC(c2ccc(N(c3ccc(C4=CCCc5ccccc54)cc3)c3ccc(-c4cccc(-c5cccc6c5oc5ccccc56)c4)cc3)cc2)=C1. The highest BCUT2D eigenvalue weighted by molar-refractivity contribution is 6.09. The van der Waals surface area contributed by atoms with Gasteiger partial charge in [0, 0.05) is 33.4 Å². The van der Waals surface area contributed by atoms with Crippen molar-refractivity contribution >= 4 is 50.1 Å². The Bertz CT molecular complexity index is 2740. The maximum Gasteiger partial charge on any atom is 0.143 e. The molecule has 2 nitrogen and oxygen atoms in total. The van der Waals surface area contributed by atoms with Crippen LogP contribution in [0, 0.1) is 0 Å². The van der Waals surface area contributed by atoms with Crippen molar-refractivity contribution in [2.75, 3.05) is 4.90 Å². The van der Waals surface area contributed by atoms with Crippen LogP contribution in [-0.4, -0.2) is 0 Å². The summed E-state index contributed by atoms with van der Waals surface area (Å²) in [5, 5.41) is 2.29. The average Bonchev–Trinajstić information content (AvgIpc) is 3.64. The van der Waals surface area contributed by atoms with Crippen molar-refractivity contribution in [3.8, 4) is 22.3 Å². The van der Waals surface area contributed by atoms with Crippen molar-refractivity contribution in [2.45, 2.75) is 25.7 Å². The van der Waals surface area contributed by atoms with Crippen LogP contribution in [0.3, 0.4) is 0 Å². The Balaban J connectivity index is 1.00. The largest absolute Gasteiger partial charge is 0.455 e. The van der Waals surface area contributed by atoms with Crippen LogP contribution < -0.4 is 4.90 Å². The van der Waals surface area contributed by atoms with Gasteiger partial charge in [-0.3, -0.25) is 0 Å². The molecule has 0 saturated carbocycles. The molecule has 2 aliphatic rings. The number of furan rings is 1. The molecule has 258 valence electrons. The molecule has 10 rings (SSSR count). The van der Waals surface area contributed by atoms with E-state index in [1.54, 1.807) is 0 Å². The number of hydrogen-bond acceptors (Lipinski definition) is 2. The summed E-state index contributed by atoms with van der Waals surface area (Å²) in [7, 11) is 0. The Morgan fingerprint density at radius 1 is 0.463 bits per heavy atom. The number of benzene rings is 7. The molecule has 0 atom stereocenters. The number of nitrogens with zero attached hydrogens (tertiary/aromatic N) is 1. The van der Waals surface area contributed by atoms with E-state index in [9.17, 15) is 0 Å². The predicted octanol–water partition coefficient (Wildman–Crippen LogP) is 14.5. The monoisotopic (exact) mass is 693 g/mol. The summed E-state index contributed by atoms with van der Waals surface area (Å²) in [5.41, 5.74) is 17.9. The standard InChI is InChI=1S/C52H39NO/c1-2-11-36(12-3-1)37-23-29-43(30-24-37)53(45-33-27-40(28-34-45)47-19-9-14-39-13-4-5-17-46(39)47)44-31-25-38(26-32-44)41-15-8-16-42(35-41)48-20-10-21-50-49-18-6-7-22-51(49)54-52(48)50/h1-2,4-8,10-11,13,15-35H,3,9,12,14H2. The zero-order valence-corrected chi connectivity index (χ0v) is 30.1. The normalized spacial score (nSPS) is 13.8. The van der Waals surface area contributed by atoms with Gasteiger partial charge in [-0.1, -0.05) is 140 Å². The zero-order chi connectivity index (χ0) is 35.8. The Morgan fingerprint density at radius 3 is 1.89 bits per heavy atom. The first-order valence-electron chi connectivity index (χ1n) is 19.0. The molecule has 7 aromatic carbocycles. The molecule has 0 aliphatic heterocycles. The Morgan fingerprint density at radius 2 is 1.11 bits per heavy atom. The van der Waals surface area contributed by atoms with Crippen molar-refractivity contribution < 1.29 is 4.42 Å². The Hall–Kier alpha value is -6.64. The van der Waals surface area contributed by atoms with Gasteiger partial charge >= 0.3 is 0 Å². The molecule has 0 bridgehead atoms. The van der Waals surface area contributed by atoms with Crippen LogP contribution in [0.1, 0.15) is 41.5 Å². The van der Waals surface area contributed by atoms with Gasteiger partial charge in [0.25, 0.3) is 0 Å². The minimum atomic E-state index is 0.917. The molecule has 1 aromatic heterocycles. The predicted molar refractivity (Wildman–Crippen MR) is 227 cm³/mol. The lowest BCUT2D eigenvalue weighted by Crippen LogP contribution is -2.10. The van der Waals surface area contributed by atoms with Gasteiger partial charge in [0.15, 0.2) is 0 Å². The van der Waals surface area contributed by atoms with E-state index in [2.05, 4.69) is 181 Å². The summed E-state index contributed by atoms with van der Waals surface area (Å²) in [4.78, 5) is 2.37. The third-order valence-corrected chi connectivity index (χ3v) is 11.1. The number of para-hydroxylation sites is 2. The molecule has 0 saturated heterocycles. The molecule has 1 heterocycles. The fourth-order valence-corrected chi connectivity index (χ4v) is 8.31. The first-order valence-corrected chi connectivity index (χ1v) is 19.0. The van der Waals surface area contributed by atoms with E-state index in [1.807, 2.05) is 12.1 Å². The number of anilines is 3. The molecule has 0 amide bonds. The summed E-state index contributed by atoms with van der Waals surface area (Å²) in [5.74, 6) is 0. The first-order chi connectivity index (χ1) is 26.8. The smallest absolute Gasteiger partial charge is 0.143 e. The van der Waals surface area contributed by atoms with Gasteiger partial charge in [-0.25, -0.2) is 0 Å². The lowest BCUT2D eigenvalue weighted by molar-refractivity contribution is 0.670. The molecule has 0 N–H and O–H groups in total. The van der Waals surface area contributed by atoms with E-state index in [-0.39, 0.29) is 0 Å². The van der Waals surface area contributed by atoms with Crippen molar-refractivity contribution in [3.05, 3.63) is 210 Å². The van der Waals surface area contributed by atoms with Crippen LogP contribution in [-0.2, 0) is 6.42 Å². The molecule has 8 aromatic rings. The van der Waals surface area contributed by atoms with Gasteiger partial charge in [0.05, 0.1) is 0 Å². The van der Waals surface area contributed by atoms with Gasteiger partial charge in [0.1, 0.15) is 11.2 Å². The summed E-state index contributed by atoms with van der Waals surface area (Å²) < 4.78 is 6.39. The third kappa shape index (κ3) is 5.87. The van der Waals surface area contributed by atoms with Crippen LogP contribution in [0.2, 0.25) is 0 Å². The van der Waals surface area contributed by atoms with Crippen LogP contribution in [0.25, 0.3) is 55.3 Å². The van der Waals surface area contributed by atoms with E-state index < -0.39 is 0 Å². The zero-order valence-electron chi connectivity index (χ0n) is 30.1. The van der Waals surface area contributed by atoms with E-state index in [0.717, 1.165) is 75.8 Å². The van der Waals surface area contributed by atoms with Crippen LogP contribution in [0.5, 0.6) is 0 Å². The minimum absolute atomic E-state index is 0.917. The fourth-order valence-electron chi connectivity index (χ4n) is 8.31. The summed E-state index contributed by atoms with van der Waals surface area (Å²) in [6.07, 6.45) is 13.4. The van der Waals surface area contributed by atoms with Crippen molar-refractivity contribution in [1.29, 1.82) is 0 Å². The second kappa shape index (κ2) is 13.7. The molecule has 0 fully saturated rings. The second-order valence-corrected chi connectivity index (χ2v) is 14.3. The molecule has 0 radical (unpaired) electrons. The van der Waals surface area contributed by atoms with Crippen molar-refractivity contribution in [2.24, 2.45) is 0 Å². The molecule has 0 unspecified atom stereocenters. The highest BCUT2D eigenvalue weighted by Crippen LogP contribution is 2.40. The molecule has 0 spiro atoms. The highest BCUT2D eigenvalue weighted by atomic mass is 16.3. The highest BCUT2D eigenvalue weighted by Gasteiger charge is 2.18. The number of hydrogen-bond donors (Lipinski definition) is 0. The average molecular weight is 694 g/mol.